The lowest BCUT2D eigenvalue weighted by atomic mass is 10.1. The maximum absolute atomic E-state index is 13.5. The molecule has 0 aliphatic carbocycles. The van der Waals surface area contributed by atoms with Crippen LogP contribution in [-0.2, 0) is 27.9 Å². The number of nitrogens with zero attached hydrogens (tertiary/aromatic N) is 2. The van der Waals surface area contributed by atoms with E-state index in [9.17, 15) is 13.2 Å². The predicted molar refractivity (Wildman–Crippen MR) is 120 cm³/mol. The van der Waals surface area contributed by atoms with Crippen LogP contribution in [0.2, 0.25) is 5.02 Å². The second kappa shape index (κ2) is 9.75. The molecule has 8 heteroatoms. The quantitative estimate of drug-likeness (QED) is 0.567. The number of hydrogen-bond acceptors (Lipinski definition) is 4. The molecule has 0 heterocycles. The Kier molecular flexibility index (Phi) is 7.08. The van der Waals surface area contributed by atoms with Crippen molar-refractivity contribution in [2.75, 3.05) is 5.32 Å². The van der Waals surface area contributed by atoms with E-state index in [0.29, 0.717) is 21.8 Å². The molecule has 3 rings (SSSR count). The summed E-state index contributed by atoms with van der Waals surface area (Å²) in [6.45, 7) is 1.57. The van der Waals surface area contributed by atoms with Crippen molar-refractivity contribution in [3.63, 3.8) is 0 Å². The largest absolute Gasteiger partial charge is 0.326 e. The number of benzene rings is 3. The van der Waals surface area contributed by atoms with Gasteiger partial charge in [-0.2, -0.15) is 9.57 Å². The molecule has 0 fully saturated rings. The van der Waals surface area contributed by atoms with Gasteiger partial charge in [0.25, 0.3) is 0 Å². The smallest absolute Gasteiger partial charge is 0.243 e. The van der Waals surface area contributed by atoms with Crippen molar-refractivity contribution in [3.05, 3.63) is 94.5 Å². The zero-order chi connectivity index (χ0) is 22.4. The number of anilines is 1. The van der Waals surface area contributed by atoms with Crippen molar-refractivity contribution in [2.24, 2.45) is 0 Å². The Hall–Kier alpha value is -3.18. The van der Waals surface area contributed by atoms with Crippen molar-refractivity contribution in [1.82, 2.24) is 4.31 Å². The van der Waals surface area contributed by atoms with Gasteiger partial charge in [0.2, 0.25) is 15.9 Å². The number of amides is 1. The molecule has 0 aliphatic heterocycles. The summed E-state index contributed by atoms with van der Waals surface area (Å²) in [5.74, 6) is -0.239. The fourth-order valence-electron chi connectivity index (χ4n) is 2.99. The summed E-state index contributed by atoms with van der Waals surface area (Å²) in [7, 11) is -3.88. The number of nitriles is 1. The van der Waals surface area contributed by atoms with E-state index in [1.165, 1.54) is 23.4 Å². The molecular weight excluding hydrogens is 434 g/mol. The molecule has 0 saturated heterocycles. The second-order valence-electron chi connectivity index (χ2n) is 6.88. The monoisotopic (exact) mass is 453 g/mol. The van der Waals surface area contributed by atoms with Crippen LogP contribution in [0, 0.1) is 11.3 Å². The van der Waals surface area contributed by atoms with E-state index < -0.39 is 10.0 Å². The van der Waals surface area contributed by atoms with Crippen LogP contribution >= 0.6 is 11.6 Å². The molecule has 0 radical (unpaired) electrons. The van der Waals surface area contributed by atoms with Gasteiger partial charge in [-0.25, -0.2) is 8.42 Å². The first-order valence-corrected chi connectivity index (χ1v) is 11.2. The third-order valence-corrected chi connectivity index (χ3v) is 6.73. The van der Waals surface area contributed by atoms with Crippen LogP contribution in [0.5, 0.6) is 0 Å². The third-order valence-electron chi connectivity index (χ3n) is 4.56. The van der Waals surface area contributed by atoms with E-state index in [-0.39, 0.29) is 23.9 Å². The van der Waals surface area contributed by atoms with E-state index in [0.717, 1.165) is 5.56 Å². The second-order valence-corrected chi connectivity index (χ2v) is 9.22. The molecule has 3 aromatic carbocycles. The molecule has 0 atom stereocenters. The predicted octanol–water partition coefficient (Wildman–Crippen LogP) is 4.56. The Morgan fingerprint density at radius 2 is 1.65 bits per heavy atom. The number of nitrogens with one attached hydrogen (secondary N) is 1. The molecule has 0 spiro atoms. The first-order chi connectivity index (χ1) is 14.8. The maximum Gasteiger partial charge on any atom is 0.243 e. The van der Waals surface area contributed by atoms with Gasteiger partial charge >= 0.3 is 0 Å². The Balaban J connectivity index is 1.95. The van der Waals surface area contributed by atoms with E-state index in [2.05, 4.69) is 11.4 Å². The molecule has 3 aromatic rings. The summed E-state index contributed by atoms with van der Waals surface area (Å²) in [5.41, 5.74) is 2.43. The van der Waals surface area contributed by atoms with Gasteiger partial charge in [0.05, 0.1) is 16.5 Å². The lowest BCUT2D eigenvalue weighted by Crippen LogP contribution is -2.30. The Morgan fingerprint density at radius 1 is 1.00 bits per heavy atom. The van der Waals surface area contributed by atoms with Gasteiger partial charge < -0.3 is 5.32 Å². The van der Waals surface area contributed by atoms with Gasteiger partial charge in [-0.3, -0.25) is 4.79 Å². The van der Waals surface area contributed by atoms with Crippen LogP contribution in [0.3, 0.4) is 0 Å². The van der Waals surface area contributed by atoms with E-state index in [4.69, 9.17) is 16.9 Å². The molecule has 0 aromatic heterocycles. The Morgan fingerprint density at radius 3 is 2.23 bits per heavy atom. The van der Waals surface area contributed by atoms with Crippen molar-refractivity contribution >= 4 is 33.2 Å². The minimum atomic E-state index is -3.88. The molecule has 6 nitrogen and oxygen atoms in total. The highest BCUT2D eigenvalue weighted by molar-refractivity contribution is 7.89. The highest BCUT2D eigenvalue weighted by Gasteiger charge is 2.25. The van der Waals surface area contributed by atoms with Gasteiger partial charge in [0.1, 0.15) is 0 Å². The van der Waals surface area contributed by atoms with E-state index in [1.54, 1.807) is 60.7 Å². The number of hydrogen-bond donors (Lipinski definition) is 1. The highest BCUT2D eigenvalue weighted by atomic mass is 35.5. The molecule has 1 N–H and O–H groups in total. The van der Waals surface area contributed by atoms with Crippen LogP contribution < -0.4 is 5.32 Å². The minimum absolute atomic E-state index is 0.0788. The molecule has 0 aliphatic rings. The van der Waals surface area contributed by atoms with Gasteiger partial charge in [-0.05, 0) is 53.6 Å². The summed E-state index contributed by atoms with van der Waals surface area (Å²) in [4.78, 5) is 11.3. The molecule has 31 heavy (non-hydrogen) atoms. The van der Waals surface area contributed by atoms with Crippen molar-refractivity contribution in [2.45, 2.75) is 24.9 Å². The molecule has 0 unspecified atom stereocenters. The molecule has 0 bridgehead atoms. The fraction of sp³-hybridized carbons (Fsp3) is 0.130. The number of rotatable bonds is 7. The van der Waals surface area contributed by atoms with Crippen LogP contribution in [-0.4, -0.2) is 18.6 Å². The normalized spacial score (nSPS) is 11.2. The highest BCUT2D eigenvalue weighted by Crippen LogP contribution is 2.25. The first kappa shape index (κ1) is 22.5. The summed E-state index contributed by atoms with van der Waals surface area (Å²) in [6.07, 6.45) is 0. The van der Waals surface area contributed by atoms with E-state index in [1.807, 2.05) is 0 Å². The Labute approximate surface area is 186 Å². The number of halogens is 1. The molecule has 0 saturated carbocycles. The topological polar surface area (TPSA) is 90.3 Å². The van der Waals surface area contributed by atoms with Crippen LogP contribution in [0.15, 0.2) is 77.7 Å². The Bertz CT molecular complexity index is 1220. The summed E-state index contributed by atoms with van der Waals surface area (Å²) in [6, 6.07) is 21.9. The van der Waals surface area contributed by atoms with Gasteiger partial charge in [-0.1, -0.05) is 41.9 Å². The minimum Gasteiger partial charge on any atom is -0.326 e. The van der Waals surface area contributed by atoms with Crippen LogP contribution in [0.25, 0.3) is 0 Å². The number of carbonyl (C=O) groups excluding carboxylic acids is 1. The summed E-state index contributed by atoms with van der Waals surface area (Å²) in [5, 5.41) is 12.1. The lowest BCUT2D eigenvalue weighted by Gasteiger charge is -2.23. The summed E-state index contributed by atoms with van der Waals surface area (Å²) >= 11 is 6.28. The molecule has 1 amide bonds. The van der Waals surface area contributed by atoms with Crippen molar-refractivity contribution < 1.29 is 13.2 Å². The zero-order valence-corrected chi connectivity index (χ0v) is 18.3. The number of sulfonamides is 1. The number of carbonyl (C=O) groups is 1. The van der Waals surface area contributed by atoms with Gasteiger partial charge in [0, 0.05) is 30.7 Å². The standard InChI is InChI=1S/C23H20ClN3O3S/c1-17(28)26-21-10-12-22(13-11-21)31(29,30)27(16-20-4-2-3-5-23(20)24)15-19-8-6-18(14-25)7-9-19/h2-13H,15-16H2,1H3,(H,26,28). The molecule has 158 valence electrons. The van der Waals surface area contributed by atoms with Gasteiger partial charge in [0.15, 0.2) is 0 Å². The lowest BCUT2D eigenvalue weighted by molar-refractivity contribution is -0.114. The average Bonchev–Trinajstić information content (AvgIpc) is 2.75. The maximum atomic E-state index is 13.5. The fourth-order valence-corrected chi connectivity index (χ4v) is 4.60. The molecular formula is C23H20ClN3O3S. The van der Waals surface area contributed by atoms with Crippen LogP contribution in [0.1, 0.15) is 23.6 Å². The third kappa shape index (κ3) is 5.70. The van der Waals surface area contributed by atoms with E-state index >= 15 is 0 Å². The summed E-state index contributed by atoms with van der Waals surface area (Å²) < 4.78 is 28.2. The van der Waals surface area contributed by atoms with Crippen LogP contribution in [0.4, 0.5) is 5.69 Å². The van der Waals surface area contributed by atoms with Crippen molar-refractivity contribution in [1.29, 1.82) is 5.26 Å². The first-order valence-electron chi connectivity index (χ1n) is 9.40. The zero-order valence-electron chi connectivity index (χ0n) is 16.7. The SMILES string of the molecule is CC(=O)Nc1ccc(S(=O)(=O)N(Cc2ccc(C#N)cc2)Cc2ccccc2Cl)cc1. The van der Waals surface area contributed by atoms with Crippen molar-refractivity contribution in [3.8, 4) is 6.07 Å². The average molecular weight is 454 g/mol. The van der Waals surface area contributed by atoms with Gasteiger partial charge in [-0.15, -0.1) is 0 Å².